The fourth-order valence-electron chi connectivity index (χ4n) is 3.01. The van der Waals surface area contributed by atoms with Crippen LogP contribution in [0.25, 0.3) is 0 Å². The van der Waals surface area contributed by atoms with Crippen molar-refractivity contribution in [1.29, 1.82) is 0 Å². The van der Waals surface area contributed by atoms with Crippen LogP contribution in [-0.4, -0.2) is 22.9 Å². The summed E-state index contributed by atoms with van der Waals surface area (Å²) in [7, 11) is 0. The predicted octanol–water partition coefficient (Wildman–Crippen LogP) is 5.66. The second-order valence-corrected chi connectivity index (χ2v) is 7.57. The zero-order chi connectivity index (χ0) is 17.7. The van der Waals surface area contributed by atoms with E-state index in [1.54, 1.807) is 11.8 Å². The first-order valence-electron chi connectivity index (χ1n) is 8.63. The highest BCUT2D eigenvalue weighted by molar-refractivity contribution is 7.99. The number of rotatable bonds is 6. The first kappa shape index (κ1) is 18.6. The summed E-state index contributed by atoms with van der Waals surface area (Å²) in [5.74, 6) is 0.135. The van der Waals surface area contributed by atoms with Crippen molar-refractivity contribution in [3.8, 4) is 0 Å². The summed E-state index contributed by atoms with van der Waals surface area (Å²) < 4.78 is 0. The maximum absolute atomic E-state index is 13.3. The smallest absolute Gasteiger partial charge is 0.255 e. The molecule has 0 atom stereocenters. The van der Waals surface area contributed by atoms with Gasteiger partial charge in [0.05, 0.1) is 5.56 Å². The SMILES string of the molecule is CCc1cccc(Sc2ccccc2)c1C(=O)N(C(C)C)C(C)C. The van der Waals surface area contributed by atoms with E-state index in [0.717, 1.165) is 27.3 Å². The highest BCUT2D eigenvalue weighted by Gasteiger charge is 2.26. The van der Waals surface area contributed by atoms with Crippen molar-refractivity contribution < 1.29 is 4.79 Å². The zero-order valence-electron chi connectivity index (χ0n) is 15.2. The van der Waals surface area contributed by atoms with Crippen LogP contribution in [0.15, 0.2) is 58.3 Å². The molecule has 0 saturated heterocycles. The molecule has 2 nitrogen and oxygen atoms in total. The van der Waals surface area contributed by atoms with E-state index < -0.39 is 0 Å². The van der Waals surface area contributed by atoms with Gasteiger partial charge in [-0.15, -0.1) is 0 Å². The molecular weight excluding hydrogens is 314 g/mol. The van der Waals surface area contributed by atoms with Crippen LogP contribution < -0.4 is 0 Å². The van der Waals surface area contributed by atoms with E-state index in [9.17, 15) is 4.79 Å². The molecule has 0 aliphatic carbocycles. The third kappa shape index (κ3) is 4.21. The minimum Gasteiger partial charge on any atom is -0.334 e. The summed E-state index contributed by atoms with van der Waals surface area (Å²) in [6.07, 6.45) is 0.855. The van der Waals surface area contributed by atoms with Crippen LogP contribution in [0.1, 0.15) is 50.5 Å². The summed E-state index contributed by atoms with van der Waals surface area (Å²) in [5.41, 5.74) is 1.98. The normalized spacial score (nSPS) is 11.1. The molecule has 0 unspecified atom stereocenters. The van der Waals surface area contributed by atoms with E-state index in [1.165, 1.54) is 0 Å². The molecule has 0 fully saturated rings. The predicted molar refractivity (Wildman–Crippen MR) is 103 cm³/mol. The molecule has 0 saturated carbocycles. The lowest BCUT2D eigenvalue weighted by Gasteiger charge is -2.32. The second-order valence-electron chi connectivity index (χ2n) is 6.46. The minimum absolute atomic E-state index is 0.135. The van der Waals surface area contributed by atoms with Crippen molar-refractivity contribution in [3.63, 3.8) is 0 Å². The molecule has 0 bridgehead atoms. The average Bonchev–Trinajstić information content (AvgIpc) is 2.54. The standard InChI is InChI=1S/C21H27NOS/c1-6-17-11-10-14-19(24-18-12-8-7-9-13-18)20(17)21(23)22(15(2)3)16(4)5/h7-16H,6H2,1-5H3. The topological polar surface area (TPSA) is 20.3 Å². The Morgan fingerprint density at radius 2 is 1.58 bits per heavy atom. The number of carbonyl (C=O) groups is 1. The highest BCUT2D eigenvalue weighted by Crippen LogP contribution is 2.33. The molecule has 2 rings (SSSR count). The summed E-state index contributed by atoms with van der Waals surface area (Å²) in [6.45, 7) is 10.4. The van der Waals surface area contributed by atoms with E-state index in [1.807, 2.05) is 23.1 Å². The van der Waals surface area contributed by atoms with Crippen molar-refractivity contribution in [1.82, 2.24) is 4.90 Å². The Balaban J connectivity index is 2.48. The van der Waals surface area contributed by atoms with Crippen molar-refractivity contribution in [3.05, 3.63) is 59.7 Å². The van der Waals surface area contributed by atoms with Crippen molar-refractivity contribution >= 4 is 17.7 Å². The van der Waals surface area contributed by atoms with Gasteiger partial charge < -0.3 is 4.90 Å². The number of nitrogens with zero attached hydrogens (tertiary/aromatic N) is 1. The number of amides is 1. The molecule has 0 aromatic heterocycles. The molecule has 24 heavy (non-hydrogen) atoms. The van der Waals surface area contributed by atoms with Crippen LogP contribution >= 0.6 is 11.8 Å². The Kier molecular flexibility index (Phi) is 6.50. The molecule has 0 spiro atoms. The molecular formula is C21H27NOS. The van der Waals surface area contributed by atoms with Crippen LogP contribution in [-0.2, 0) is 6.42 Å². The van der Waals surface area contributed by atoms with Gasteiger partial charge in [-0.25, -0.2) is 0 Å². The fourth-order valence-corrected chi connectivity index (χ4v) is 4.02. The molecule has 0 aliphatic heterocycles. The van der Waals surface area contributed by atoms with E-state index in [-0.39, 0.29) is 18.0 Å². The first-order valence-corrected chi connectivity index (χ1v) is 9.44. The van der Waals surface area contributed by atoms with Crippen LogP contribution in [0.2, 0.25) is 0 Å². The molecule has 0 aliphatic rings. The summed E-state index contributed by atoms with van der Waals surface area (Å²) in [5, 5.41) is 0. The molecule has 0 radical (unpaired) electrons. The van der Waals surface area contributed by atoms with Gasteiger partial charge in [-0.3, -0.25) is 4.79 Å². The number of hydrogen-bond acceptors (Lipinski definition) is 2. The van der Waals surface area contributed by atoms with Gasteiger partial charge in [-0.1, -0.05) is 49.0 Å². The number of carbonyl (C=O) groups excluding carboxylic acids is 1. The number of hydrogen-bond donors (Lipinski definition) is 0. The van der Waals surface area contributed by atoms with E-state index >= 15 is 0 Å². The third-order valence-corrected chi connectivity index (χ3v) is 5.09. The highest BCUT2D eigenvalue weighted by atomic mass is 32.2. The van der Waals surface area contributed by atoms with E-state index in [4.69, 9.17) is 0 Å². The quantitative estimate of drug-likeness (QED) is 0.676. The van der Waals surface area contributed by atoms with Gasteiger partial charge in [0.2, 0.25) is 0 Å². The van der Waals surface area contributed by atoms with Crippen molar-refractivity contribution in [2.24, 2.45) is 0 Å². The number of aryl methyl sites for hydroxylation is 1. The van der Waals surface area contributed by atoms with Crippen LogP contribution in [0.3, 0.4) is 0 Å². The Labute approximate surface area is 150 Å². The lowest BCUT2D eigenvalue weighted by atomic mass is 10.0. The monoisotopic (exact) mass is 341 g/mol. The maximum Gasteiger partial charge on any atom is 0.255 e. The molecule has 0 heterocycles. The van der Waals surface area contributed by atoms with Gasteiger partial charge in [-0.05, 0) is 57.9 Å². The van der Waals surface area contributed by atoms with Gasteiger partial charge in [0.25, 0.3) is 5.91 Å². The first-order chi connectivity index (χ1) is 11.5. The Bertz CT molecular complexity index is 671. The largest absolute Gasteiger partial charge is 0.334 e. The molecule has 128 valence electrons. The molecule has 2 aromatic carbocycles. The van der Waals surface area contributed by atoms with Gasteiger partial charge in [-0.2, -0.15) is 0 Å². The summed E-state index contributed by atoms with van der Waals surface area (Å²) in [4.78, 5) is 17.5. The Hall–Kier alpha value is -1.74. The van der Waals surface area contributed by atoms with Crippen LogP contribution in [0, 0.1) is 0 Å². The molecule has 3 heteroatoms. The average molecular weight is 342 g/mol. The lowest BCUT2D eigenvalue weighted by Crippen LogP contribution is -2.42. The van der Waals surface area contributed by atoms with Crippen molar-refractivity contribution in [2.75, 3.05) is 0 Å². The summed E-state index contributed by atoms with van der Waals surface area (Å²) in [6, 6.07) is 16.8. The Morgan fingerprint density at radius 1 is 0.958 bits per heavy atom. The van der Waals surface area contributed by atoms with Crippen LogP contribution in [0.5, 0.6) is 0 Å². The van der Waals surface area contributed by atoms with Gasteiger partial charge >= 0.3 is 0 Å². The second kappa shape index (κ2) is 8.39. The third-order valence-electron chi connectivity index (χ3n) is 4.03. The fraction of sp³-hybridized carbons (Fsp3) is 0.381. The molecule has 1 amide bonds. The molecule has 2 aromatic rings. The Morgan fingerprint density at radius 3 is 2.12 bits per heavy atom. The zero-order valence-corrected chi connectivity index (χ0v) is 16.1. The maximum atomic E-state index is 13.3. The van der Waals surface area contributed by atoms with Gasteiger partial charge in [0, 0.05) is 21.9 Å². The number of benzene rings is 2. The lowest BCUT2D eigenvalue weighted by molar-refractivity contribution is 0.0639. The van der Waals surface area contributed by atoms with E-state index in [0.29, 0.717) is 0 Å². The summed E-state index contributed by atoms with van der Waals surface area (Å²) >= 11 is 1.67. The minimum atomic E-state index is 0.135. The molecule has 0 N–H and O–H groups in total. The van der Waals surface area contributed by atoms with Gasteiger partial charge in [0.1, 0.15) is 0 Å². The van der Waals surface area contributed by atoms with Gasteiger partial charge in [0.15, 0.2) is 0 Å². The van der Waals surface area contributed by atoms with Crippen LogP contribution in [0.4, 0.5) is 0 Å². The van der Waals surface area contributed by atoms with E-state index in [2.05, 4.69) is 65.0 Å². The van der Waals surface area contributed by atoms with Crippen molar-refractivity contribution in [2.45, 2.75) is 62.9 Å².